The second kappa shape index (κ2) is 6.24. The van der Waals surface area contributed by atoms with Crippen LogP contribution in [0.5, 0.6) is 0 Å². The molecule has 0 unspecified atom stereocenters. The lowest BCUT2D eigenvalue weighted by molar-refractivity contribution is 0.171. The topological polar surface area (TPSA) is 44.4 Å². The van der Waals surface area contributed by atoms with Crippen LogP contribution in [0.2, 0.25) is 0 Å². The van der Waals surface area contributed by atoms with Crippen molar-refractivity contribution in [1.82, 2.24) is 15.5 Å². The summed E-state index contributed by atoms with van der Waals surface area (Å²) in [6.07, 6.45) is 4.69. The Morgan fingerprint density at radius 2 is 1.88 bits per heavy atom. The number of carbonyl (C=O) groups excluding carboxylic acids is 1. The van der Waals surface area contributed by atoms with Crippen LogP contribution in [0, 0.1) is 11.8 Å². The number of carbonyl (C=O) groups is 1. The molecular formula is C13H25N3O. The van der Waals surface area contributed by atoms with Crippen LogP contribution in [-0.4, -0.2) is 43.7 Å². The molecule has 2 rings (SSSR count). The Kier molecular flexibility index (Phi) is 4.66. The minimum atomic E-state index is 0.149. The molecule has 0 spiro atoms. The van der Waals surface area contributed by atoms with Crippen LogP contribution >= 0.6 is 0 Å². The van der Waals surface area contributed by atoms with E-state index in [1.54, 1.807) is 0 Å². The summed E-state index contributed by atoms with van der Waals surface area (Å²) in [6.45, 7) is 7.18. The summed E-state index contributed by atoms with van der Waals surface area (Å²) in [6, 6.07) is 0.149. The predicted octanol–water partition coefficient (Wildman–Crippen LogP) is 1.43. The van der Waals surface area contributed by atoms with Crippen LogP contribution in [0.4, 0.5) is 4.79 Å². The highest BCUT2D eigenvalue weighted by Gasteiger charge is 2.21. The lowest BCUT2D eigenvalue weighted by Gasteiger charge is -2.31. The highest BCUT2D eigenvalue weighted by Crippen LogP contribution is 2.16. The molecular weight excluding hydrogens is 214 g/mol. The summed E-state index contributed by atoms with van der Waals surface area (Å²) in [5.74, 6) is 1.45. The number of nitrogens with one attached hydrogen (secondary N) is 2. The number of nitrogens with zero attached hydrogens (tertiary/aromatic N) is 1. The largest absolute Gasteiger partial charge is 0.338 e. The first kappa shape index (κ1) is 12.7. The summed E-state index contributed by atoms with van der Waals surface area (Å²) >= 11 is 0. The molecule has 2 aliphatic rings. The normalized spacial score (nSPS) is 23.7. The van der Waals surface area contributed by atoms with Gasteiger partial charge in [0, 0.05) is 19.6 Å². The molecule has 0 aromatic heterocycles. The van der Waals surface area contributed by atoms with Crippen LogP contribution < -0.4 is 10.6 Å². The summed E-state index contributed by atoms with van der Waals surface area (Å²) in [5, 5.41) is 6.44. The Labute approximate surface area is 104 Å². The molecule has 0 radical (unpaired) electrons. The average molecular weight is 239 g/mol. The van der Waals surface area contributed by atoms with Gasteiger partial charge in [0.05, 0.1) is 0 Å². The predicted molar refractivity (Wildman–Crippen MR) is 69.0 cm³/mol. The molecule has 2 saturated heterocycles. The summed E-state index contributed by atoms with van der Waals surface area (Å²) in [5.41, 5.74) is 0. The molecule has 2 heterocycles. The van der Waals surface area contributed by atoms with Gasteiger partial charge in [-0.1, -0.05) is 6.92 Å². The van der Waals surface area contributed by atoms with E-state index >= 15 is 0 Å². The average Bonchev–Trinajstić information content (AvgIpc) is 2.38. The van der Waals surface area contributed by atoms with Crippen molar-refractivity contribution in [3.8, 4) is 0 Å². The second-order valence-electron chi connectivity index (χ2n) is 5.55. The standard InChI is InChI=1S/C13H25N3O/c1-11-4-8-16(9-5-11)13(17)15-10-12-2-6-14-7-3-12/h11-12,14H,2-10H2,1H3,(H,15,17). The minimum absolute atomic E-state index is 0.149. The Morgan fingerprint density at radius 1 is 1.24 bits per heavy atom. The third kappa shape index (κ3) is 3.87. The van der Waals surface area contributed by atoms with Crippen LogP contribution in [-0.2, 0) is 0 Å². The fourth-order valence-corrected chi connectivity index (χ4v) is 2.64. The van der Waals surface area contributed by atoms with Gasteiger partial charge in [0.15, 0.2) is 0 Å². The minimum Gasteiger partial charge on any atom is -0.338 e. The first-order chi connectivity index (χ1) is 8.25. The fraction of sp³-hybridized carbons (Fsp3) is 0.923. The first-order valence-electron chi connectivity index (χ1n) is 6.99. The van der Waals surface area contributed by atoms with Crippen LogP contribution in [0.3, 0.4) is 0 Å². The number of hydrogen-bond donors (Lipinski definition) is 2. The molecule has 0 saturated carbocycles. The van der Waals surface area contributed by atoms with Gasteiger partial charge >= 0.3 is 6.03 Å². The SMILES string of the molecule is CC1CCN(C(=O)NCC2CCNCC2)CC1. The maximum Gasteiger partial charge on any atom is 0.317 e. The van der Waals surface area contributed by atoms with Gasteiger partial charge < -0.3 is 15.5 Å². The van der Waals surface area contributed by atoms with Gasteiger partial charge in [-0.15, -0.1) is 0 Å². The molecule has 2 N–H and O–H groups in total. The van der Waals surface area contributed by atoms with Gasteiger partial charge in [-0.25, -0.2) is 4.79 Å². The highest BCUT2D eigenvalue weighted by molar-refractivity contribution is 5.74. The van der Waals surface area contributed by atoms with Gasteiger partial charge in [-0.2, -0.15) is 0 Å². The van der Waals surface area contributed by atoms with E-state index in [4.69, 9.17) is 0 Å². The zero-order chi connectivity index (χ0) is 12.1. The lowest BCUT2D eigenvalue weighted by Crippen LogP contribution is -2.46. The Hall–Kier alpha value is -0.770. The molecule has 2 aliphatic heterocycles. The van der Waals surface area contributed by atoms with Gasteiger partial charge in [0.1, 0.15) is 0 Å². The molecule has 2 fully saturated rings. The monoisotopic (exact) mass is 239 g/mol. The van der Waals surface area contributed by atoms with Crippen molar-refractivity contribution in [3.05, 3.63) is 0 Å². The van der Waals surface area contributed by atoms with Crippen molar-refractivity contribution in [2.75, 3.05) is 32.7 Å². The number of piperidine rings is 2. The Balaban J connectivity index is 1.66. The number of hydrogen-bond acceptors (Lipinski definition) is 2. The summed E-state index contributed by atoms with van der Waals surface area (Å²) in [4.78, 5) is 13.9. The van der Waals surface area contributed by atoms with Crippen LogP contribution in [0.1, 0.15) is 32.6 Å². The molecule has 2 amide bonds. The van der Waals surface area contributed by atoms with E-state index in [0.717, 1.165) is 51.5 Å². The van der Waals surface area contributed by atoms with E-state index in [-0.39, 0.29) is 6.03 Å². The highest BCUT2D eigenvalue weighted by atomic mass is 16.2. The molecule has 4 nitrogen and oxygen atoms in total. The van der Waals surface area contributed by atoms with Crippen molar-refractivity contribution in [1.29, 1.82) is 0 Å². The van der Waals surface area contributed by atoms with Gasteiger partial charge in [0.25, 0.3) is 0 Å². The summed E-state index contributed by atoms with van der Waals surface area (Å²) in [7, 11) is 0. The Bertz CT molecular complexity index is 243. The number of likely N-dealkylation sites (tertiary alicyclic amines) is 1. The maximum absolute atomic E-state index is 11.9. The van der Waals surface area contributed by atoms with E-state index < -0.39 is 0 Å². The second-order valence-corrected chi connectivity index (χ2v) is 5.55. The van der Waals surface area contributed by atoms with Gasteiger partial charge in [-0.05, 0) is 50.6 Å². The van der Waals surface area contributed by atoms with E-state index in [1.807, 2.05) is 4.90 Å². The molecule has 98 valence electrons. The molecule has 0 aliphatic carbocycles. The molecule has 0 aromatic carbocycles. The number of amides is 2. The van der Waals surface area contributed by atoms with Crippen molar-refractivity contribution < 1.29 is 4.79 Å². The molecule has 4 heteroatoms. The smallest absolute Gasteiger partial charge is 0.317 e. The molecule has 0 aromatic rings. The quantitative estimate of drug-likeness (QED) is 0.765. The van der Waals surface area contributed by atoms with Crippen molar-refractivity contribution in [2.45, 2.75) is 32.6 Å². The zero-order valence-electron chi connectivity index (χ0n) is 10.9. The summed E-state index contributed by atoms with van der Waals surface area (Å²) < 4.78 is 0. The van der Waals surface area contributed by atoms with Crippen molar-refractivity contribution >= 4 is 6.03 Å². The van der Waals surface area contributed by atoms with Gasteiger partial charge in [-0.3, -0.25) is 0 Å². The zero-order valence-corrected chi connectivity index (χ0v) is 10.9. The van der Waals surface area contributed by atoms with Crippen molar-refractivity contribution in [2.24, 2.45) is 11.8 Å². The number of urea groups is 1. The molecule has 0 atom stereocenters. The van der Waals surface area contributed by atoms with Crippen LogP contribution in [0.15, 0.2) is 0 Å². The van der Waals surface area contributed by atoms with E-state index in [9.17, 15) is 4.79 Å². The first-order valence-corrected chi connectivity index (χ1v) is 6.99. The van der Waals surface area contributed by atoms with E-state index in [1.165, 1.54) is 12.8 Å². The lowest BCUT2D eigenvalue weighted by atomic mass is 9.98. The van der Waals surface area contributed by atoms with E-state index in [2.05, 4.69) is 17.6 Å². The third-order valence-electron chi connectivity index (χ3n) is 4.07. The molecule has 0 bridgehead atoms. The van der Waals surface area contributed by atoms with Crippen molar-refractivity contribution in [3.63, 3.8) is 0 Å². The fourth-order valence-electron chi connectivity index (χ4n) is 2.64. The third-order valence-corrected chi connectivity index (χ3v) is 4.07. The van der Waals surface area contributed by atoms with E-state index in [0.29, 0.717) is 5.92 Å². The Morgan fingerprint density at radius 3 is 2.53 bits per heavy atom. The molecule has 17 heavy (non-hydrogen) atoms. The van der Waals surface area contributed by atoms with Gasteiger partial charge in [0.2, 0.25) is 0 Å². The number of rotatable bonds is 2. The maximum atomic E-state index is 11.9. The van der Waals surface area contributed by atoms with Crippen LogP contribution in [0.25, 0.3) is 0 Å².